The minimum atomic E-state index is -4.61. The standard InChI is InChI=1S/C54H28F12N2O2/c55-51(56,57)33-3-13-37(14-4-33)67(38-15-5-34(6-16-38)52(58,59)60)41-11-1-29-25-43-47(27-31(29)23-41)69-45-21-22-46-50(49(43)45)44-26-30-2-12-42(24-32(30)28-48(44)70-46)68(39-17-7-35(8-18-39)53(61,62)63)40-19-9-36(10-20-40)54(64,65)66/h1-28H. The quantitative estimate of drug-likeness (QED) is 0.156. The number of fused-ring (bicyclic) bond motifs is 9. The molecule has 0 fully saturated rings. The average molecular weight is 965 g/mol. The lowest BCUT2D eigenvalue weighted by Crippen LogP contribution is -2.12. The van der Waals surface area contributed by atoms with E-state index in [0.29, 0.717) is 44.5 Å². The van der Waals surface area contributed by atoms with Crippen molar-refractivity contribution < 1.29 is 61.5 Å². The Morgan fingerprint density at radius 2 is 0.529 bits per heavy atom. The highest BCUT2D eigenvalue weighted by atomic mass is 19.4. The topological polar surface area (TPSA) is 32.8 Å². The number of alkyl halides is 12. The largest absolute Gasteiger partial charge is 0.456 e. The van der Waals surface area contributed by atoms with Crippen LogP contribution in [0.5, 0.6) is 0 Å². The summed E-state index contributed by atoms with van der Waals surface area (Å²) in [5, 5.41) is 5.73. The van der Waals surface area contributed by atoms with Crippen molar-refractivity contribution in [3.05, 3.63) is 192 Å². The van der Waals surface area contributed by atoms with E-state index in [1.807, 2.05) is 12.1 Å². The molecule has 0 aliphatic carbocycles. The zero-order valence-corrected chi connectivity index (χ0v) is 35.4. The molecule has 0 spiro atoms. The van der Waals surface area contributed by atoms with Crippen molar-refractivity contribution in [2.75, 3.05) is 9.80 Å². The summed E-state index contributed by atoms with van der Waals surface area (Å²) in [6, 6.07) is 38.7. The number of benzene rings is 9. The van der Waals surface area contributed by atoms with Crippen LogP contribution in [0.3, 0.4) is 0 Å². The van der Waals surface area contributed by atoms with Crippen molar-refractivity contribution in [3.63, 3.8) is 0 Å². The first-order chi connectivity index (χ1) is 33.2. The molecular formula is C54H28F12N2O2. The van der Waals surface area contributed by atoms with Crippen molar-refractivity contribution >= 4 is 99.5 Å². The van der Waals surface area contributed by atoms with Crippen LogP contribution in [-0.4, -0.2) is 0 Å². The van der Waals surface area contributed by atoms with Gasteiger partial charge in [0.25, 0.3) is 0 Å². The van der Waals surface area contributed by atoms with Gasteiger partial charge < -0.3 is 18.6 Å². The van der Waals surface area contributed by atoms with Gasteiger partial charge >= 0.3 is 24.7 Å². The third-order valence-corrected chi connectivity index (χ3v) is 12.3. The maximum atomic E-state index is 13.5. The SMILES string of the molecule is FC(F)(F)c1ccc(N(c2ccc(C(F)(F)F)cc2)c2ccc3cc4c(cc3c2)oc2ccc3oc5cc6cc(N(c7ccc(C(F)(F)F)cc7)c7ccc(C(F)(F)F)cc7)ccc6cc5c3c24)cc1. The molecule has 0 aliphatic heterocycles. The molecule has 0 saturated carbocycles. The molecule has 0 amide bonds. The molecule has 4 nitrogen and oxygen atoms in total. The first-order valence-electron chi connectivity index (χ1n) is 21.2. The third-order valence-electron chi connectivity index (χ3n) is 12.3. The van der Waals surface area contributed by atoms with Gasteiger partial charge in [-0.2, -0.15) is 52.7 Å². The summed E-state index contributed by atoms with van der Waals surface area (Å²) < 4.78 is 175. The average Bonchev–Trinajstić information content (AvgIpc) is 3.86. The van der Waals surface area contributed by atoms with Crippen LogP contribution in [0.2, 0.25) is 0 Å². The number of anilines is 6. The normalized spacial score (nSPS) is 12.9. The van der Waals surface area contributed by atoms with E-state index < -0.39 is 47.0 Å². The summed E-state index contributed by atoms with van der Waals surface area (Å²) >= 11 is 0. The fourth-order valence-corrected chi connectivity index (χ4v) is 8.96. The van der Waals surface area contributed by atoms with Gasteiger partial charge in [0, 0.05) is 55.7 Å². The summed E-state index contributed by atoms with van der Waals surface area (Å²) in [7, 11) is 0. The highest BCUT2D eigenvalue weighted by molar-refractivity contribution is 6.28. The molecule has 16 heteroatoms. The summed E-state index contributed by atoms with van der Waals surface area (Å²) in [5.41, 5.74) is 0.414. The first-order valence-corrected chi connectivity index (χ1v) is 21.2. The van der Waals surface area contributed by atoms with E-state index in [1.54, 1.807) is 70.5 Å². The maximum Gasteiger partial charge on any atom is 0.416 e. The Morgan fingerprint density at radius 3 is 0.800 bits per heavy atom. The number of hydrogen-bond donors (Lipinski definition) is 0. The van der Waals surface area contributed by atoms with Crippen LogP contribution >= 0.6 is 0 Å². The summed E-state index contributed by atoms with van der Waals surface area (Å²) in [6.07, 6.45) is -18.4. The van der Waals surface area contributed by atoms with E-state index in [4.69, 9.17) is 8.83 Å². The monoisotopic (exact) mass is 964 g/mol. The molecule has 9 aromatic carbocycles. The second-order valence-electron chi connectivity index (χ2n) is 16.6. The van der Waals surface area contributed by atoms with Crippen molar-refractivity contribution in [1.82, 2.24) is 0 Å². The Hall–Kier alpha value is -8.14. The minimum Gasteiger partial charge on any atom is -0.456 e. The van der Waals surface area contributed by atoms with Crippen LogP contribution in [-0.2, 0) is 24.7 Å². The van der Waals surface area contributed by atoms with E-state index >= 15 is 0 Å². The molecule has 0 saturated heterocycles. The van der Waals surface area contributed by atoms with E-state index in [2.05, 4.69) is 0 Å². The molecule has 11 rings (SSSR count). The fraction of sp³-hybridized carbons (Fsp3) is 0.0741. The Bertz CT molecular complexity index is 3450. The van der Waals surface area contributed by atoms with Crippen LogP contribution in [0, 0.1) is 0 Å². The lowest BCUT2D eigenvalue weighted by atomic mass is 10.00. The summed E-state index contributed by atoms with van der Waals surface area (Å²) in [5.74, 6) is 0. The van der Waals surface area contributed by atoms with Gasteiger partial charge in [-0.15, -0.1) is 0 Å². The molecule has 0 aliphatic rings. The number of nitrogens with zero attached hydrogens (tertiary/aromatic N) is 2. The Kier molecular flexibility index (Phi) is 9.95. The fourth-order valence-electron chi connectivity index (χ4n) is 8.96. The Balaban J connectivity index is 1.01. The predicted octanol–water partition coefficient (Wildman–Crippen LogP) is 18.8. The van der Waals surface area contributed by atoms with Crippen LogP contribution in [0.25, 0.3) is 65.4 Å². The number of furan rings is 2. The maximum absolute atomic E-state index is 13.5. The van der Waals surface area contributed by atoms with Crippen molar-refractivity contribution in [1.29, 1.82) is 0 Å². The van der Waals surface area contributed by atoms with Crippen LogP contribution in [0.15, 0.2) is 179 Å². The molecule has 0 N–H and O–H groups in total. The van der Waals surface area contributed by atoms with Gasteiger partial charge in [-0.1, -0.05) is 12.1 Å². The van der Waals surface area contributed by atoms with Gasteiger partial charge in [0.15, 0.2) is 0 Å². The Labute approximate surface area is 386 Å². The van der Waals surface area contributed by atoms with E-state index in [9.17, 15) is 52.7 Å². The van der Waals surface area contributed by atoms with Gasteiger partial charge in [-0.3, -0.25) is 0 Å². The molecule has 0 radical (unpaired) electrons. The van der Waals surface area contributed by atoms with Gasteiger partial charge in [-0.05, 0) is 179 Å². The van der Waals surface area contributed by atoms with Gasteiger partial charge in [0.1, 0.15) is 22.3 Å². The van der Waals surface area contributed by atoms with Gasteiger partial charge in [0.2, 0.25) is 0 Å². The number of hydrogen-bond acceptors (Lipinski definition) is 4. The molecule has 350 valence electrons. The predicted molar refractivity (Wildman–Crippen MR) is 245 cm³/mol. The molecule has 2 aromatic heterocycles. The van der Waals surface area contributed by atoms with Crippen LogP contribution < -0.4 is 9.80 Å². The molecule has 2 heterocycles. The Morgan fingerprint density at radius 1 is 0.257 bits per heavy atom. The summed E-state index contributed by atoms with van der Waals surface area (Å²) in [4.78, 5) is 3.11. The van der Waals surface area contributed by atoms with E-state index in [-0.39, 0.29) is 22.7 Å². The second kappa shape index (κ2) is 15.7. The van der Waals surface area contributed by atoms with Gasteiger partial charge in [-0.25, -0.2) is 0 Å². The first kappa shape index (κ1) is 44.4. The molecule has 70 heavy (non-hydrogen) atoms. The second-order valence-corrected chi connectivity index (χ2v) is 16.6. The zero-order chi connectivity index (χ0) is 49.1. The highest BCUT2D eigenvalue weighted by Crippen LogP contribution is 2.46. The van der Waals surface area contributed by atoms with Crippen molar-refractivity contribution in [3.8, 4) is 0 Å². The molecule has 11 aromatic rings. The van der Waals surface area contributed by atoms with Crippen molar-refractivity contribution in [2.24, 2.45) is 0 Å². The van der Waals surface area contributed by atoms with Gasteiger partial charge in [0.05, 0.1) is 22.3 Å². The molecule has 0 atom stereocenters. The van der Waals surface area contributed by atoms with E-state index in [0.717, 1.165) is 80.8 Å². The highest BCUT2D eigenvalue weighted by Gasteiger charge is 2.34. The zero-order valence-electron chi connectivity index (χ0n) is 35.4. The van der Waals surface area contributed by atoms with E-state index in [1.165, 1.54) is 48.5 Å². The number of halogens is 12. The minimum absolute atomic E-state index is 0.269. The van der Waals surface area contributed by atoms with Crippen molar-refractivity contribution in [2.45, 2.75) is 24.7 Å². The lowest BCUT2D eigenvalue weighted by Gasteiger charge is -2.26. The number of rotatable bonds is 6. The van der Waals surface area contributed by atoms with Crippen LogP contribution in [0.4, 0.5) is 86.8 Å². The molecule has 0 bridgehead atoms. The third kappa shape index (κ3) is 7.82. The smallest absolute Gasteiger partial charge is 0.416 e. The van der Waals surface area contributed by atoms with Crippen LogP contribution in [0.1, 0.15) is 22.3 Å². The lowest BCUT2D eigenvalue weighted by molar-refractivity contribution is -0.138. The molecule has 0 unspecified atom stereocenters. The molecular weight excluding hydrogens is 937 g/mol. The summed E-state index contributed by atoms with van der Waals surface area (Å²) in [6.45, 7) is 0.